The number of rotatable bonds is 0. The molecule has 0 bridgehead atoms. The van der Waals surface area contributed by atoms with Crippen LogP contribution in [0.25, 0.3) is 10.9 Å². The molecule has 2 heterocycles. The minimum absolute atomic E-state index is 0.00136. The lowest BCUT2D eigenvalue weighted by Gasteiger charge is -2.24. The molecule has 0 unspecified atom stereocenters. The summed E-state index contributed by atoms with van der Waals surface area (Å²) in [4.78, 5) is 18.7. The number of carbonyl (C=O) groups is 1. The van der Waals surface area contributed by atoms with Crippen LogP contribution < -0.4 is 9.64 Å². The number of carbonyl (C=O) groups excluding carboxylic acids is 1. The lowest BCUT2D eigenvalue weighted by atomic mass is 9.92. The first kappa shape index (κ1) is 11.7. The van der Waals surface area contributed by atoms with E-state index in [0.717, 1.165) is 47.3 Å². The summed E-state index contributed by atoms with van der Waals surface area (Å²) in [6.07, 6.45) is 4.35. The highest BCUT2D eigenvalue weighted by Gasteiger charge is 2.27. The van der Waals surface area contributed by atoms with Gasteiger partial charge in [0.1, 0.15) is 5.75 Å². The van der Waals surface area contributed by atoms with E-state index in [1.54, 1.807) is 4.90 Å². The second kappa shape index (κ2) is 4.20. The van der Waals surface area contributed by atoms with Crippen LogP contribution in [0.2, 0.25) is 0 Å². The molecule has 20 heavy (non-hydrogen) atoms. The molecular formula is C16H16N2O2. The number of aromatic nitrogens is 1. The fourth-order valence-electron chi connectivity index (χ4n) is 3.27. The second-order valence-electron chi connectivity index (χ2n) is 5.48. The zero-order valence-corrected chi connectivity index (χ0v) is 11.5. The second-order valence-corrected chi connectivity index (χ2v) is 5.48. The highest BCUT2D eigenvalue weighted by molar-refractivity contribution is 6.08. The average molecular weight is 268 g/mol. The van der Waals surface area contributed by atoms with E-state index >= 15 is 0 Å². The molecule has 4 heteroatoms. The molecule has 0 saturated heterocycles. The zero-order chi connectivity index (χ0) is 13.7. The van der Waals surface area contributed by atoms with Crippen LogP contribution in [-0.2, 0) is 17.6 Å². The molecule has 4 rings (SSSR count). The maximum Gasteiger partial charge on any atom is 0.264 e. The van der Waals surface area contributed by atoms with Gasteiger partial charge in [-0.25, -0.2) is 0 Å². The van der Waals surface area contributed by atoms with Gasteiger partial charge in [-0.15, -0.1) is 0 Å². The molecule has 1 aromatic heterocycles. The molecule has 1 aliphatic heterocycles. The number of ether oxygens (including phenoxy) is 1. The van der Waals surface area contributed by atoms with E-state index in [1.165, 1.54) is 12.0 Å². The lowest BCUT2D eigenvalue weighted by Crippen LogP contribution is -2.31. The standard InChI is InChI=1S/C16H16N2O2/c1-18-14(19)9-20-13-8-4-7-12-15(13)16(18)10-5-2-3-6-11(10)17-12/h4,7-8H,2-3,5-6,9H2,1H3. The minimum atomic E-state index is 0.00136. The first-order valence-electron chi connectivity index (χ1n) is 7.09. The molecule has 102 valence electrons. The minimum Gasteiger partial charge on any atom is -0.483 e. The summed E-state index contributed by atoms with van der Waals surface area (Å²) < 4.78 is 5.66. The van der Waals surface area contributed by atoms with E-state index in [4.69, 9.17) is 9.72 Å². The maximum atomic E-state index is 12.2. The highest BCUT2D eigenvalue weighted by Crippen LogP contribution is 2.41. The Labute approximate surface area is 117 Å². The molecule has 2 aromatic rings. The van der Waals surface area contributed by atoms with E-state index in [0.29, 0.717) is 0 Å². The molecule has 0 atom stereocenters. The van der Waals surface area contributed by atoms with Gasteiger partial charge in [0.05, 0.1) is 16.6 Å². The Balaban J connectivity index is 2.13. The van der Waals surface area contributed by atoms with Crippen molar-refractivity contribution >= 4 is 22.5 Å². The number of amides is 1. The Kier molecular flexibility index (Phi) is 2.46. The van der Waals surface area contributed by atoms with E-state index in [1.807, 2.05) is 25.2 Å². The molecule has 0 N–H and O–H groups in total. The summed E-state index contributed by atoms with van der Waals surface area (Å²) in [5, 5.41) is 0.988. The molecule has 1 aromatic carbocycles. The van der Waals surface area contributed by atoms with Gasteiger partial charge in [-0.2, -0.15) is 0 Å². The first-order valence-corrected chi connectivity index (χ1v) is 7.09. The van der Waals surface area contributed by atoms with Gasteiger partial charge in [-0.1, -0.05) is 6.07 Å². The third-order valence-corrected chi connectivity index (χ3v) is 4.28. The number of nitrogens with zero attached hydrogens (tertiary/aromatic N) is 2. The zero-order valence-electron chi connectivity index (χ0n) is 11.5. The summed E-state index contributed by atoms with van der Waals surface area (Å²) >= 11 is 0. The van der Waals surface area contributed by atoms with Crippen molar-refractivity contribution in [1.29, 1.82) is 0 Å². The number of fused-ring (bicyclic) bond motifs is 2. The van der Waals surface area contributed by atoms with Crippen LogP contribution in [0.5, 0.6) is 5.75 Å². The molecule has 4 nitrogen and oxygen atoms in total. The van der Waals surface area contributed by atoms with Gasteiger partial charge >= 0.3 is 0 Å². The Morgan fingerprint density at radius 1 is 1.25 bits per heavy atom. The van der Waals surface area contributed by atoms with E-state index in [2.05, 4.69) is 0 Å². The van der Waals surface area contributed by atoms with Crippen LogP contribution in [0.15, 0.2) is 18.2 Å². The average Bonchev–Trinajstić information content (AvgIpc) is 2.61. The van der Waals surface area contributed by atoms with Crippen molar-refractivity contribution in [3.05, 3.63) is 29.5 Å². The van der Waals surface area contributed by atoms with Crippen LogP contribution in [0.4, 0.5) is 5.69 Å². The lowest BCUT2D eigenvalue weighted by molar-refractivity contribution is -0.120. The van der Waals surface area contributed by atoms with Crippen molar-refractivity contribution in [2.24, 2.45) is 0 Å². The number of aryl methyl sites for hydroxylation is 1. The van der Waals surface area contributed by atoms with Crippen LogP contribution in [0, 0.1) is 0 Å². The Hall–Kier alpha value is -2.10. The fourth-order valence-corrected chi connectivity index (χ4v) is 3.27. The Bertz CT molecular complexity index is 724. The van der Waals surface area contributed by atoms with Gasteiger partial charge < -0.3 is 9.64 Å². The summed E-state index contributed by atoms with van der Waals surface area (Å²) in [5.41, 5.74) is 4.33. The molecule has 1 amide bonds. The molecule has 0 spiro atoms. The van der Waals surface area contributed by atoms with Crippen LogP contribution >= 0.6 is 0 Å². The number of hydrogen-bond acceptors (Lipinski definition) is 3. The highest BCUT2D eigenvalue weighted by atomic mass is 16.5. The third-order valence-electron chi connectivity index (χ3n) is 4.28. The van der Waals surface area contributed by atoms with Crippen molar-refractivity contribution < 1.29 is 9.53 Å². The smallest absolute Gasteiger partial charge is 0.264 e. The normalized spacial score (nSPS) is 17.6. The molecule has 0 saturated carbocycles. The van der Waals surface area contributed by atoms with Crippen molar-refractivity contribution in [3.63, 3.8) is 0 Å². The van der Waals surface area contributed by atoms with Gasteiger partial charge in [0.25, 0.3) is 5.91 Å². The van der Waals surface area contributed by atoms with E-state index in [9.17, 15) is 4.79 Å². The molecule has 1 aliphatic carbocycles. The van der Waals surface area contributed by atoms with Crippen molar-refractivity contribution in [3.8, 4) is 5.75 Å². The maximum absolute atomic E-state index is 12.2. The van der Waals surface area contributed by atoms with Gasteiger partial charge in [0, 0.05) is 12.7 Å². The third kappa shape index (κ3) is 1.54. The largest absolute Gasteiger partial charge is 0.483 e. The van der Waals surface area contributed by atoms with Gasteiger partial charge in [-0.05, 0) is 43.4 Å². The van der Waals surface area contributed by atoms with Gasteiger partial charge in [-0.3, -0.25) is 9.78 Å². The first-order chi connectivity index (χ1) is 9.75. The number of likely N-dealkylation sites (N-methyl/N-ethyl adjacent to an activating group) is 1. The fraction of sp³-hybridized carbons (Fsp3) is 0.375. The number of benzene rings is 1. The van der Waals surface area contributed by atoms with Gasteiger partial charge in [0.15, 0.2) is 6.61 Å². The van der Waals surface area contributed by atoms with Crippen LogP contribution in [-0.4, -0.2) is 24.5 Å². The molecule has 0 fully saturated rings. The summed E-state index contributed by atoms with van der Waals surface area (Å²) in [6.45, 7) is 0.0963. The SMILES string of the molecule is CN1C(=O)COc2cccc3nc4c(c1c23)CCCC4. The van der Waals surface area contributed by atoms with Crippen molar-refractivity contribution in [2.75, 3.05) is 18.6 Å². The van der Waals surface area contributed by atoms with Crippen LogP contribution in [0.1, 0.15) is 24.1 Å². The summed E-state index contributed by atoms with van der Waals surface area (Å²) in [6, 6.07) is 5.87. The molecule has 0 radical (unpaired) electrons. The Morgan fingerprint density at radius 3 is 3.00 bits per heavy atom. The van der Waals surface area contributed by atoms with Gasteiger partial charge in [0.2, 0.25) is 0 Å². The predicted molar refractivity (Wildman–Crippen MR) is 77.3 cm³/mol. The van der Waals surface area contributed by atoms with E-state index < -0.39 is 0 Å². The number of pyridine rings is 1. The monoisotopic (exact) mass is 268 g/mol. The van der Waals surface area contributed by atoms with Crippen molar-refractivity contribution in [2.45, 2.75) is 25.7 Å². The number of anilines is 1. The number of hydrogen-bond donors (Lipinski definition) is 0. The molecule has 2 aliphatic rings. The van der Waals surface area contributed by atoms with Crippen LogP contribution in [0.3, 0.4) is 0 Å². The summed E-state index contributed by atoms with van der Waals surface area (Å²) in [5.74, 6) is 0.776. The predicted octanol–water partition coefficient (Wildman–Crippen LogP) is 2.47. The summed E-state index contributed by atoms with van der Waals surface area (Å²) in [7, 11) is 1.84. The quantitative estimate of drug-likeness (QED) is 0.737. The Morgan fingerprint density at radius 2 is 2.10 bits per heavy atom. The molecular weight excluding hydrogens is 252 g/mol. The van der Waals surface area contributed by atoms with E-state index in [-0.39, 0.29) is 12.5 Å². The van der Waals surface area contributed by atoms with Crippen molar-refractivity contribution in [1.82, 2.24) is 4.98 Å². The topological polar surface area (TPSA) is 42.4 Å².